The Bertz CT molecular complexity index is 473. The van der Waals surface area contributed by atoms with Crippen LogP contribution in [-0.2, 0) is 6.42 Å². The van der Waals surface area contributed by atoms with Crippen LogP contribution < -0.4 is 5.32 Å². The summed E-state index contributed by atoms with van der Waals surface area (Å²) in [7, 11) is 0. The molecule has 98 valence electrons. The number of benzene rings is 1. The summed E-state index contributed by atoms with van der Waals surface area (Å²) in [5.74, 6) is 0.790. The van der Waals surface area contributed by atoms with Crippen molar-refractivity contribution in [2.45, 2.75) is 33.1 Å². The van der Waals surface area contributed by atoms with Gasteiger partial charge >= 0.3 is 0 Å². The number of aromatic amines is 1. The van der Waals surface area contributed by atoms with Crippen LogP contribution in [0.15, 0.2) is 30.5 Å². The predicted molar refractivity (Wildman–Crippen MR) is 78.9 cm³/mol. The maximum Gasteiger partial charge on any atom is 0.0456 e. The summed E-state index contributed by atoms with van der Waals surface area (Å²) in [6.07, 6.45) is 5.84. The van der Waals surface area contributed by atoms with Crippen molar-refractivity contribution in [3.63, 3.8) is 0 Å². The van der Waals surface area contributed by atoms with Crippen LogP contribution in [0.4, 0.5) is 0 Å². The molecule has 0 bridgehead atoms. The van der Waals surface area contributed by atoms with E-state index in [1.54, 1.807) is 0 Å². The van der Waals surface area contributed by atoms with E-state index in [-0.39, 0.29) is 0 Å². The van der Waals surface area contributed by atoms with E-state index in [2.05, 4.69) is 54.6 Å². The number of rotatable bonds is 7. The molecule has 0 aliphatic carbocycles. The molecule has 1 heterocycles. The van der Waals surface area contributed by atoms with Crippen LogP contribution in [-0.4, -0.2) is 18.1 Å². The lowest BCUT2D eigenvalue weighted by molar-refractivity contribution is 0.478. The van der Waals surface area contributed by atoms with E-state index in [0.29, 0.717) is 0 Å². The topological polar surface area (TPSA) is 27.8 Å². The third kappa shape index (κ3) is 3.36. The molecular formula is C16H24N2. The zero-order chi connectivity index (χ0) is 12.8. The molecule has 1 unspecified atom stereocenters. The van der Waals surface area contributed by atoms with Gasteiger partial charge in [0.1, 0.15) is 0 Å². The fourth-order valence-corrected chi connectivity index (χ4v) is 2.50. The Morgan fingerprint density at radius 3 is 2.94 bits per heavy atom. The predicted octanol–water partition coefficient (Wildman–Crippen LogP) is 3.74. The van der Waals surface area contributed by atoms with Crippen LogP contribution in [0.3, 0.4) is 0 Å². The van der Waals surface area contributed by atoms with E-state index in [0.717, 1.165) is 25.4 Å². The van der Waals surface area contributed by atoms with Crippen molar-refractivity contribution in [1.29, 1.82) is 0 Å². The van der Waals surface area contributed by atoms with Gasteiger partial charge in [-0.15, -0.1) is 0 Å². The van der Waals surface area contributed by atoms with Crippen LogP contribution in [0.25, 0.3) is 10.9 Å². The van der Waals surface area contributed by atoms with E-state index in [1.165, 1.54) is 29.3 Å². The average molecular weight is 244 g/mol. The summed E-state index contributed by atoms with van der Waals surface area (Å²) in [4.78, 5) is 3.33. The van der Waals surface area contributed by atoms with Crippen molar-refractivity contribution < 1.29 is 0 Å². The molecule has 0 fully saturated rings. The summed E-state index contributed by atoms with van der Waals surface area (Å²) in [5.41, 5.74) is 2.66. The minimum atomic E-state index is 0.790. The normalized spacial score (nSPS) is 13.0. The zero-order valence-electron chi connectivity index (χ0n) is 11.5. The maximum absolute atomic E-state index is 3.56. The number of fused-ring (bicyclic) bond motifs is 1. The molecule has 0 saturated heterocycles. The van der Waals surface area contributed by atoms with Crippen LogP contribution in [0.5, 0.6) is 0 Å². The van der Waals surface area contributed by atoms with Crippen molar-refractivity contribution in [3.8, 4) is 0 Å². The largest absolute Gasteiger partial charge is 0.361 e. The molecule has 18 heavy (non-hydrogen) atoms. The molecule has 0 spiro atoms. The number of hydrogen-bond donors (Lipinski definition) is 2. The minimum absolute atomic E-state index is 0.790. The molecule has 2 nitrogen and oxygen atoms in total. The van der Waals surface area contributed by atoms with E-state index in [9.17, 15) is 0 Å². The van der Waals surface area contributed by atoms with Crippen molar-refractivity contribution >= 4 is 10.9 Å². The highest BCUT2D eigenvalue weighted by Crippen LogP contribution is 2.17. The molecule has 1 aromatic carbocycles. The van der Waals surface area contributed by atoms with Gasteiger partial charge in [0.15, 0.2) is 0 Å². The van der Waals surface area contributed by atoms with Crippen LogP contribution >= 0.6 is 0 Å². The Labute approximate surface area is 110 Å². The van der Waals surface area contributed by atoms with Gasteiger partial charge in [0.25, 0.3) is 0 Å². The number of para-hydroxylation sites is 1. The fourth-order valence-electron chi connectivity index (χ4n) is 2.50. The third-order valence-electron chi connectivity index (χ3n) is 3.52. The second-order valence-electron chi connectivity index (χ2n) is 5.21. The highest BCUT2D eigenvalue weighted by atomic mass is 14.9. The van der Waals surface area contributed by atoms with Gasteiger partial charge in [-0.3, -0.25) is 0 Å². The lowest BCUT2D eigenvalue weighted by Crippen LogP contribution is -2.23. The summed E-state index contributed by atoms with van der Waals surface area (Å²) < 4.78 is 0. The summed E-state index contributed by atoms with van der Waals surface area (Å²) >= 11 is 0. The maximum atomic E-state index is 3.56. The molecule has 0 radical (unpaired) electrons. The minimum Gasteiger partial charge on any atom is -0.361 e. The molecule has 2 rings (SSSR count). The van der Waals surface area contributed by atoms with Gasteiger partial charge in [-0.1, -0.05) is 38.5 Å². The summed E-state index contributed by atoms with van der Waals surface area (Å²) in [6, 6.07) is 8.51. The van der Waals surface area contributed by atoms with Gasteiger partial charge in [0.05, 0.1) is 0 Å². The average Bonchev–Trinajstić information content (AvgIpc) is 2.78. The standard InChI is InChI=1S/C16H24N2/c1-3-6-13(2)11-17-10-9-14-12-18-16-8-5-4-7-15(14)16/h4-5,7-8,12-13,17-18H,3,6,9-11H2,1-2H3. The Balaban J connectivity index is 1.80. The van der Waals surface area contributed by atoms with Crippen molar-refractivity contribution in [2.24, 2.45) is 5.92 Å². The Kier molecular flexibility index (Phi) is 4.82. The number of H-pyrrole nitrogens is 1. The first-order valence-electron chi connectivity index (χ1n) is 7.07. The fraction of sp³-hybridized carbons (Fsp3) is 0.500. The molecule has 0 saturated carbocycles. The summed E-state index contributed by atoms with van der Waals surface area (Å²) in [5, 5.41) is 4.92. The molecule has 0 amide bonds. The zero-order valence-corrected chi connectivity index (χ0v) is 11.5. The van der Waals surface area contributed by atoms with Gasteiger partial charge in [0, 0.05) is 17.1 Å². The SMILES string of the molecule is CCCC(C)CNCCc1c[nH]c2ccccc12. The first-order valence-corrected chi connectivity index (χ1v) is 7.07. The highest BCUT2D eigenvalue weighted by molar-refractivity contribution is 5.83. The molecular weight excluding hydrogens is 220 g/mol. The monoisotopic (exact) mass is 244 g/mol. The van der Waals surface area contributed by atoms with Gasteiger partial charge in [0.2, 0.25) is 0 Å². The molecule has 1 aromatic heterocycles. The Hall–Kier alpha value is -1.28. The van der Waals surface area contributed by atoms with Crippen molar-refractivity contribution in [2.75, 3.05) is 13.1 Å². The first kappa shape index (κ1) is 13.2. The van der Waals surface area contributed by atoms with E-state index in [4.69, 9.17) is 0 Å². The molecule has 0 aliphatic rings. The first-order chi connectivity index (χ1) is 8.81. The van der Waals surface area contributed by atoms with Crippen LogP contribution in [0.1, 0.15) is 32.3 Å². The highest BCUT2D eigenvalue weighted by Gasteiger charge is 2.03. The van der Waals surface area contributed by atoms with E-state index < -0.39 is 0 Å². The number of aromatic nitrogens is 1. The van der Waals surface area contributed by atoms with E-state index >= 15 is 0 Å². The van der Waals surface area contributed by atoms with E-state index in [1.807, 2.05) is 0 Å². The smallest absolute Gasteiger partial charge is 0.0456 e. The lowest BCUT2D eigenvalue weighted by Gasteiger charge is -2.10. The van der Waals surface area contributed by atoms with Gasteiger partial charge in [-0.2, -0.15) is 0 Å². The van der Waals surface area contributed by atoms with Gasteiger partial charge < -0.3 is 10.3 Å². The number of nitrogens with one attached hydrogen (secondary N) is 2. The van der Waals surface area contributed by atoms with Crippen molar-refractivity contribution in [3.05, 3.63) is 36.0 Å². The van der Waals surface area contributed by atoms with Crippen LogP contribution in [0.2, 0.25) is 0 Å². The third-order valence-corrected chi connectivity index (χ3v) is 3.52. The molecule has 2 heteroatoms. The molecule has 0 aliphatic heterocycles. The number of hydrogen-bond acceptors (Lipinski definition) is 1. The Morgan fingerprint density at radius 2 is 2.11 bits per heavy atom. The second kappa shape index (κ2) is 6.60. The molecule has 2 aromatic rings. The van der Waals surface area contributed by atoms with Gasteiger partial charge in [-0.05, 0) is 43.5 Å². The van der Waals surface area contributed by atoms with Crippen molar-refractivity contribution in [1.82, 2.24) is 10.3 Å². The summed E-state index contributed by atoms with van der Waals surface area (Å²) in [6.45, 7) is 6.77. The van der Waals surface area contributed by atoms with Gasteiger partial charge in [-0.25, -0.2) is 0 Å². The quantitative estimate of drug-likeness (QED) is 0.714. The van der Waals surface area contributed by atoms with Crippen LogP contribution in [0, 0.1) is 5.92 Å². The molecule has 1 atom stereocenters. The second-order valence-corrected chi connectivity index (χ2v) is 5.21. The molecule has 2 N–H and O–H groups in total. The Morgan fingerprint density at radius 1 is 1.28 bits per heavy atom. The lowest BCUT2D eigenvalue weighted by atomic mass is 10.1.